The maximum atomic E-state index is 13.9. The van der Waals surface area contributed by atoms with Crippen LogP contribution >= 0.6 is 35.0 Å². The van der Waals surface area contributed by atoms with E-state index in [1.807, 2.05) is 20.8 Å². The van der Waals surface area contributed by atoms with E-state index < -0.39 is 23.4 Å². The predicted molar refractivity (Wildman–Crippen MR) is 109 cm³/mol. The van der Waals surface area contributed by atoms with Crippen LogP contribution in [0.3, 0.4) is 0 Å². The van der Waals surface area contributed by atoms with Crippen molar-refractivity contribution in [2.24, 2.45) is 5.41 Å². The van der Waals surface area contributed by atoms with Crippen LogP contribution in [0.1, 0.15) is 32.4 Å². The summed E-state index contributed by atoms with van der Waals surface area (Å²) in [6.45, 7) is 6.52. The van der Waals surface area contributed by atoms with Crippen molar-refractivity contribution in [2.75, 3.05) is 31.3 Å². The molecule has 3 rings (SSSR count). The highest BCUT2D eigenvalue weighted by Crippen LogP contribution is 2.34. The van der Waals surface area contributed by atoms with Gasteiger partial charge in [0.15, 0.2) is 0 Å². The number of morpholine rings is 1. The second kappa shape index (κ2) is 8.38. The van der Waals surface area contributed by atoms with Crippen molar-refractivity contribution in [1.29, 1.82) is 0 Å². The van der Waals surface area contributed by atoms with Crippen LogP contribution in [0.5, 0.6) is 0 Å². The van der Waals surface area contributed by atoms with E-state index in [0.29, 0.717) is 35.4 Å². The molecule has 0 radical (unpaired) electrons. The molecular weight excluding hydrogens is 426 g/mol. The van der Waals surface area contributed by atoms with Crippen LogP contribution in [-0.2, 0) is 14.3 Å². The third-order valence-electron chi connectivity index (χ3n) is 4.83. The first-order chi connectivity index (χ1) is 13.1. The molecule has 0 spiro atoms. The lowest BCUT2D eigenvalue weighted by molar-refractivity contribution is -0.151. The van der Waals surface area contributed by atoms with Gasteiger partial charge >= 0.3 is 0 Å². The fraction of sp³-hybridized carbons (Fsp3) is 0.579. The van der Waals surface area contributed by atoms with Crippen LogP contribution in [0.15, 0.2) is 12.1 Å². The van der Waals surface area contributed by atoms with Gasteiger partial charge in [0.05, 0.1) is 24.1 Å². The number of thioether (sulfide) groups is 1. The van der Waals surface area contributed by atoms with E-state index >= 15 is 0 Å². The standard InChI is InChI=1S/C19H23Cl2FN2O3S/c1-19(2,3)18(26)24-10-28-9-15(24)17(25)23-4-5-27-16(8-23)11-6-14(22)13(21)7-12(11)20/h6-7,15-16H,4-5,8-10H2,1-3H3. The Kier molecular flexibility index (Phi) is 6.49. The van der Waals surface area contributed by atoms with Crippen molar-refractivity contribution in [2.45, 2.75) is 32.9 Å². The molecule has 0 aliphatic carbocycles. The number of hydrogen-bond donors (Lipinski definition) is 0. The minimum Gasteiger partial charge on any atom is -0.370 e. The largest absolute Gasteiger partial charge is 0.370 e. The van der Waals surface area contributed by atoms with Gasteiger partial charge in [-0.1, -0.05) is 44.0 Å². The third kappa shape index (κ3) is 4.42. The van der Waals surface area contributed by atoms with Gasteiger partial charge in [-0.15, -0.1) is 11.8 Å². The van der Waals surface area contributed by atoms with Gasteiger partial charge in [-0.3, -0.25) is 9.59 Å². The van der Waals surface area contributed by atoms with E-state index in [0.717, 1.165) is 0 Å². The number of carbonyl (C=O) groups excluding carboxylic acids is 2. The SMILES string of the molecule is CC(C)(C)C(=O)N1CSCC1C(=O)N1CCOC(c2cc(F)c(Cl)cc2Cl)C1. The Morgan fingerprint density at radius 1 is 1.25 bits per heavy atom. The Balaban J connectivity index is 1.76. The smallest absolute Gasteiger partial charge is 0.246 e. The lowest BCUT2D eigenvalue weighted by Gasteiger charge is -2.37. The van der Waals surface area contributed by atoms with Gasteiger partial charge in [0.1, 0.15) is 18.0 Å². The van der Waals surface area contributed by atoms with E-state index in [2.05, 4.69) is 0 Å². The highest BCUT2D eigenvalue weighted by molar-refractivity contribution is 7.99. The molecule has 1 aromatic rings. The zero-order chi connectivity index (χ0) is 20.6. The summed E-state index contributed by atoms with van der Waals surface area (Å²) in [5, 5.41) is 0.239. The molecule has 9 heteroatoms. The average molecular weight is 449 g/mol. The number of benzene rings is 1. The second-order valence-electron chi connectivity index (χ2n) is 7.97. The number of amides is 2. The van der Waals surface area contributed by atoms with Crippen molar-refractivity contribution in [1.82, 2.24) is 9.80 Å². The highest BCUT2D eigenvalue weighted by atomic mass is 35.5. The van der Waals surface area contributed by atoms with E-state index in [4.69, 9.17) is 27.9 Å². The number of hydrogen-bond acceptors (Lipinski definition) is 4. The maximum Gasteiger partial charge on any atom is 0.246 e. The van der Waals surface area contributed by atoms with Crippen LogP contribution in [0.25, 0.3) is 0 Å². The molecule has 154 valence electrons. The van der Waals surface area contributed by atoms with Crippen LogP contribution < -0.4 is 0 Å². The van der Waals surface area contributed by atoms with Crippen LogP contribution in [0.4, 0.5) is 4.39 Å². The summed E-state index contributed by atoms with van der Waals surface area (Å²) >= 11 is 13.6. The summed E-state index contributed by atoms with van der Waals surface area (Å²) in [7, 11) is 0. The number of ether oxygens (including phenoxy) is 1. The number of nitrogens with zero attached hydrogens (tertiary/aromatic N) is 2. The lowest BCUT2D eigenvalue weighted by Crippen LogP contribution is -2.54. The molecule has 1 aromatic carbocycles. The maximum absolute atomic E-state index is 13.9. The van der Waals surface area contributed by atoms with E-state index in [1.54, 1.807) is 21.6 Å². The molecule has 2 fully saturated rings. The molecule has 0 aromatic heterocycles. The zero-order valence-electron chi connectivity index (χ0n) is 16.0. The monoisotopic (exact) mass is 448 g/mol. The molecule has 5 nitrogen and oxygen atoms in total. The minimum atomic E-state index is -0.581. The van der Waals surface area contributed by atoms with Crippen LogP contribution in [-0.4, -0.2) is 59.0 Å². The van der Waals surface area contributed by atoms with Crippen LogP contribution in [0.2, 0.25) is 10.0 Å². The summed E-state index contributed by atoms with van der Waals surface area (Å²) in [6, 6.07) is 2.10. The van der Waals surface area contributed by atoms with Gasteiger partial charge in [-0.2, -0.15) is 0 Å². The first-order valence-corrected chi connectivity index (χ1v) is 10.9. The van der Waals surface area contributed by atoms with Crippen molar-refractivity contribution < 1.29 is 18.7 Å². The van der Waals surface area contributed by atoms with E-state index in [-0.39, 0.29) is 23.4 Å². The Morgan fingerprint density at radius 3 is 2.64 bits per heavy atom. The summed E-state index contributed by atoms with van der Waals surface area (Å²) in [5.74, 6) is 0.347. The average Bonchev–Trinajstić information content (AvgIpc) is 3.12. The molecule has 2 amide bonds. The fourth-order valence-corrected chi connectivity index (χ4v) is 4.96. The molecular formula is C19H23Cl2FN2O3S. The Bertz CT molecular complexity index is 787. The summed E-state index contributed by atoms with van der Waals surface area (Å²) in [4.78, 5) is 29.2. The van der Waals surface area contributed by atoms with Crippen LogP contribution in [0, 0.1) is 11.2 Å². The second-order valence-corrected chi connectivity index (χ2v) is 9.79. The molecule has 2 unspecified atom stereocenters. The number of carbonyl (C=O) groups is 2. The third-order valence-corrected chi connectivity index (χ3v) is 6.46. The first kappa shape index (κ1) is 21.7. The molecule has 2 aliphatic rings. The Morgan fingerprint density at radius 2 is 1.96 bits per heavy atom. The van der Waals surface area contributed by atoms with Gasteiger partial charge < -0.3 is 14.5 Å². The number of rotatable bonds is 2. The molecule has 28 heavy (non-hydrogen) atoms. The van der Waals surface area contributed by atoms with Gasteiger partial charge in [0.25, 0.3) is 0 Å². The normalized spacial score (nSPS) is 23.2. The molecule has 0 N–H and O–H groups in total. The molecule has 2 heterocycles. The molecule has 2 atom stereocenters. The lowest BCUT2D eigenvalue weighted by atomic mass is 9.94. The number of halogens is 3. The fourth-order valence-electron chi connectivity index (χ4n) is 3.31. The van der Waals surface area contributed by atoms with Gasteiger partial charge in [-0.05, 0) is 12.1 Å². The Hall–Kier alpha value is -1.02. The van der Waals surface area contributed by atoms with E-state index in [1.165, 1.54) is 12.1 Å². The van der Waals surface area contributed by atoms with Crippen molar-refractivity contribution >= 4 is 46.8 Å². The van der Waals surface area contributed by atoms with Gasteiger partial charge in [0.2, 0.25) is 11.8 Å². The zero-order valence-corrected chi connectivity index (χ0v) is 18.3. The minimum absolute atomic E-state index is 0.0384. The quantitative estimate of drug-likeness (QED) is 0.641. The van der Waals surface area contributed by atoms with Crippen molar-refractivity contribution in [3.05, 3.63) is 33.6 Å². The van der Waals surface area contributed by atoms with Gasteiger partial charge in [-0.25, -0.2) is 4.39 Å². The van der Waals surface area contributed by atoms with Gasteiger partial charge in [0, 0.05) is 28.3 Å². The Labute approximate surface area is 178 Å². The highest BCUT2D eigenvalue weighted by Gasteiger charge is 2.41. The molecule has 2 aliphatic heterocycles. The first-order valence-electron chi connectivity index (χ1n) is 9.03. The summed E-state index contributed by atoms with van der Waals surface area (Å²) in [6.07, 6.45) is -0.544. The molecule has 0 bridgehead atoms. The summed E-state index contributed by atoms with van der Waals surface area (Å²) in [5.41, 5.74) is -0.0878. The van der Waals surface area contributed by atoms with Crippen molar-refractivity contribution in [3.8, 4) is 0 Å². The molecule has 0 saturated carbocycles. The van der Waals surface area contributed by atoms with Crippen molar-refractivity contribution in [3.63, 3.8) is 0 Å². The summed E-state index contributed by atoms with van der Waals surface area (Å²) < 4.78 is 19.6. The topological polar surface area (TPSA) is 49.9 Å². The molecule has 2 saturated heterocycles. The predicted octanol–water partition coefficient (Wildman–Crippen LogP) is 3.98. The van der Waals surface area contributed by atoms with E-state index in [9.17, 15) is 14.0 Å².